The maximum Gasteiger partial charge on any atom is 0.110 e. The van der Waals surface area contributed by atoms with Crippen LogP contribution in [0.3, 0.4) is 0 Å². The lowest BCUT2D eigenvalue weighted by Gasteiger charge is -2.08. The second-order valence-electron chi connectivity index (χ2n) is 4.99. The quantitative estimate of drug-likeness (QED) is 0.700. The zero-order chi connectivity index (χ0) is 13.2. The van der Waals surface area contributed by atoms with Crippen molar-refractivity contribution in [3.8, 4) is 0 Å². The van der Waals surface area contributed by atoms with E-state index in [-0.39, 0.29) is 0 Å². The van der Waals surface area contributed by atoms with E-state index in [2.05, 4.69) is 29.0 Å². The van der Waals surface area contributed by atoms with Crippen molar-refractivity contribution < 1.29 is 0 Å². The Balaban J connectivity index is 1.85. The number of aromatic nitrogens is 2. The predicted octanol–water partition coefficient (Wildman–Crippen LogP) is 3.49. The largest absolute Gasteiger partial charge is 0.399 e. The second-order valence-corrected chi connectivity index (χ2v) is 4.99. The first-order chi connectivity index (χ1) is 9.22. The van der Waals surface area contributed by atoms with Crippen molar-refractivity contribution in [2.24, 2.45) is 0 Å². The number of fused-ring (bicyclic) bond motifs is 1. The third-order valence-electron chi connectivity index (χ3n) is 3.37. The minimum atomic E-state index is 0.342. The van der Waals surface area contributed by atoms with E-state index in [4.69, 9.17) is 5.73 Å². The Morgan fingerprint density at radius 2 is 2.00 bits per heavy atom. The second kappa shape index (κ2) is 4.76. The summed E-state index contributed by atoms with van der Waals surface area (Å²) in [5.74, 6) is 1.37. The molecule has 19 heavy (non-hydrogen) atoms. The Hall–Kier alpha value is -2.29. The number of hydrogen-bond acceptors (Lipinski definition) is 2. The van der Waals surface area contributed by atoms with Crippen LogP contribution in [0.25, 0.3) is 11.0 Å². The van der Waals surface area contributed by atoms with Crippen molar-refractivity contribution in [3.63, 3.8) is 0 Å². The third kappa shape index (κ3) is 2.45. The molecule has 0 fully saturated rings. The molecule has 0 saturated carbocycles. The Kier molecular flexibility index (Phi) is 2.95. The molecule has 0 amide bonds. The van der Waals surface area contributed by atoms with Crippen LogP contribution in [0.15, 0.2) is 48.5 Å². The highest BCUT2D eigenvalue weighted by Crippen LogP contribution is 2.21. The van der Waals surface area contributed by atoms with Crippen molar-refractivity contribution in [3.05, 3.63) is 59.9 Å². The van der Waals surface area contributed by atoms with Gasteiger partial charge in [-0.15, -0.1) is 0 Å². The zero-order valence-corrected chi connectivity index (χ0v) is 10.9. The number of para-hydroxylation sites is 2. The maximum atomic E-state index is 5.81. The van der Waals surface area contributed by atoms with Crippen molar-refractivity contribution in [2.45, 2.75) is 19.3 Å². The minimum absolute atomic E-state index is 0.342. The van der Waals surface area contributed by atoms with Gasteiger partial charge in [0.05, 0.1) is 11.0 Å². The number of nitrogens with zero attached hydrogens (tertiary/aromatic N) is 1. The molecule has 0 saturated heterocycles. The summed E-state index contributed by atoms with van der Waals surface area (Å²) >= 11 is 0. The highest BCUT2D eigenvalue weighted by Gasteiger charge is 2.11. The molecule has 3 heteroatoms. The van der Waals surface area contributed by atoms with Crippen LogP contribution in [0.5, 0.6) is 0 Å². The van der Waals surface area contributed by atoms with Gasteiger partial charge in [0.2, 0.25) is 0 Å². The Morgan fingerprint density at radius 1 is 1.16 bits per heavy atom. The molecule has 0 aliphatic heterocycles. The molecule has 0 bridgehead atoms. The van der Waals surface area contributed by atoms with E-state index in [0.29, 0.717) is 5.92 Å². The van der Waals surface area contributed by atoms with Crippen LogP contribution in [0.1, 0.15) is 24.2 Å². The molecule has 0 spiro atoms. The number of H-pyrrole nitrogens is 1. The Labute approximate surface area is 112 Å². The first-order valence-electron chi connectivity index (χ1n) is 6.51. The van der Waals surface area contributed by atoms with Crippen LogP contribution >= 0.6 is 0 Å². The van der Waals surface area contributed by atoms with Gasteiger partial charge in [0, 0.05) is 11.6 Å². The lowest BCUT2D eigenvalue weighted by atomic mass is 10.0. The fraction of sp³-hybridized carbons (Fsp3) is 0.188. The summed E-state index contributed by atoms with van der Waals surface area (Å²) in [5.41, 5.74) is 9.99. The monoisotopic (exact) mass is 251 g/mol. The van der Waals surface area contributed by atoms with Crippen molar-refractivity contribution in [1.29, 1.82) is 0 Å². The standard InChI is InChI=1S/C16H17N3/c1-11(9-12-5-4-6-13(17)10-12)16-18-14-7-2-3-8-15(14)19-16/h2-8,10-11H,9,17H2,1H3,(H,18,19)/t11-/m1/s1. The van der Waals surface area contributed by atoms with E-state index >= 15 is 0 Å². The minimum Gasteiger partial charge on any atom is -0.399 e. The summed E-state index contributed by atoms with van der Waals surface area (Å²) < 4.78 is 0. The van der Waals surface area contributed by atoms with Gasteiger partial charge in [0.15, 0.2) is 0 Å². The van der Waals surface area contributed by atoms with Crippen molar-refractivity contribution in [1.82, 2.24) is 9.97 Å². The molecule has 0 aliphatic rings. The van der Waals surface area contributed by atoms with Crippen molar-refractivity contribution in [2.75, 3.05) is 5.73 Å². The topological polar surface area (TPSA) is 54.7 Å². The number of nitrogens with two attached hydrogens (primary N) is 1. The number of anilines is 1. The van der Waals surface area contributed by atoms with Crippen LogP contribution in [0, 0.1) is 0 Å². The summed E-state index contributed by atoms with van der Waals surface area (Å²) in [6.07, 6.45) is 0.935. The number of hydrogen-bond donors (Lipinski definition) is 2. The fourth-order valence-electron chi connectivity index (χ4n) is 2.38. The molecular weight excluding hydrogens is 234 g/mol. The van der Waals surface area contributed by atoms with Crippen LogP contribution in [0.4, 0.5) is 5.69 Å². The van der Waals surface area contributed by atoms with Crippen LogP contribution in [0.2, 0.25) is 0 Å². The third-order valence-corrected chi connectivity index (χ3v) is 3.37. The van der Waals surface area contributed by atoms with Gasteiger partial charge in [0.25, 0.3) is 0 Å². The molecule has 3 nitrogen and oxygen atoms in total. The van der Waals surface area contributed by atoms with Gasteiger partial charge in [-0.25, -0.2) is 4.98 Å². The molecule has 1 atom stereocenters. The molecule has 1 aromatic heterocycles. The van der Waals surface area contributed by atoms with Gasteiger partial charge in [-0.3, -0.25) is 0 Å². The Morgan fingerprint density at radius 3 is 2.79 bits per heavy atom. The number of benzene rings is 2. The number of nitrogen functional groups attached to an aromatic ring is 1. The van der Waals surface area contributed by atoms with Gasteiger partial charge in [-0.05, 0) is 36.2 Å². The molecule has 0 radical (unpaired) electrons. The normalized spacial score (nSPS) is 12.7. The zero-order valence-electron chi connectivity index (χ0n) is 10.9. The number of aromatic amines is 1. The van der Waals surface area contributed by atoms with Crippen LogP contribution < -0.4 is 5.73 Å². The van der Waals surface area contributed by atoms with Crippen molar-refractivity contribution >= 4 is 16.7 Å². The summed E-state index contributed by atoms with van der Waals surface area (Å²) in [7, 11) is 0. The van der Waals surface area contributed by atoms with E-state index in [9.17, 15) is 0 Å². The van der Waals surface area contributed by atoms with E-state index in [1.54, 1.807) is 0 Å². The lowest BCUT2D eigenvalue weighted by molar-refractivity contribution is 0.713. The van der Waals surface area contributed by atoms with Gasteiger partial charge in [-0.1, -0.05) is 31.2 Å². The highest BCUT2D eigenvalue weighted by atomic mass is 14.9. The Bertz CT molecular complexity index is 667. The maximum absolute atomic E-state index is 5.81. The summed E-state index contributed by atoms with van der Waals surface area (Å²) in [5, 5.41) is 0. The van der Waals surface area contributed by atoms with Gasteiger partial charge in [-0.2, -0.15) is 0 Å². The molecule has 0 unspecified atom stereocenters. The average Bonchev–Trinajstić information content (AvgIpc) is 2.82. The number of nitrogens with one attached hydrogen (secondary N) is 1. The number of imidazole rings is 1. The SMILES string of the molecule is C[C@H](Cc1cccc(N)c1)c1nc2ccccc2[nH]1. The first kappa shape index (κ1) is 11.8. The highest BCUT2D eigenvalue weighted by molar-refractivity contribution is 5.74. The smallest absolute Gasteiger partial charge is 0.110 e. The first-order valence-corrected chi connectivity index (χ1v) is 6.51. The summed E-state index contributed by atoms with van der Waals surface area (Å²) in [6, 6.07) is 16.2. The van der Waals surface area contributed by atoms with Crippen LogP contribution in [-0.2, 0) is 6.42 Å². The van der Waals surface area contributed by atoms with Gasteiger partial charge >= 0.3 is 0 Å². The molecule has 3 N–H and O–H groups in total. The average molecular weight is 251 g/mol. The molecule has 0 aliphatic carbocycles. The fourth-order valence-corrected chi connectivity index (χ4v) is 2.38. The predicted molar refractivity (Wildman–Crippen MR) is 79.1 cm³/mol. The van der Waals surface area contributed by atoms with E-state index in [1.165, 1.54) is 5.56 Å². The molecule has 1 heterocycles. The summed E-state index contributed by atoms with van der Waals surface area (Å²) in [4.78, 5) is 8.03. The lowest BCUT2D eigenvalue weighted by Crippen LogP contribution is -2.01. The van der Waals surface area contributed by atoms with E-state index < -0.39 is 0 Å². The molecule has 3 rings (SSSR count). The van der Waals surface area contributed by atoms with Crippen LogP contribution in [-0.4, -0.2) is 9.97 Å². The molecular formula is C16H17N3. The van der Waals surface area contributed by atoms with E-state index in [0.717, 1.165) is 29.0 Å². The molecule has 96 valence electrons. The number of rotatable bonds is 3. The summed E-state index contributed by atoms with van der Waals surface area (Å²) in [6.45, 7) is 2.18. The molecule has 3 aromatic rings. The van der Waals surface area contributed by atoms with Gasteiger partial charge in [0.1, 0.15) is 5.82 Å². The van der Waals surface area contributed by atoms with Gasteiger partial charge < -0.3 is 10.7 Å². The molecule has 2 aromatic carbocycles. The van der Waals surface area contributed by atoms with E-state index in [1.807, 2.05) is 36.4 Å².